The van der Waals surface area contributed by atoms with Gasteiger partial charge in [-0.25, -0.2) is 4.79 Å². The molecule has 0 bridgehead atoms. The third-order valence-corrected chi connectivity index (χ3v) is 4.50. The van der Waals surface area contributed by atoms with Crippen molar-refractivity contribution in [1.29, 1.82) is 0 Å². The van der Waals surface area contributed by atoms with Gasteiger partial charge in [0.1, 0.15) is 24.0 Å². The quantitative estimate of drug-likeness (QED) is 0.539. The highest BCUT2D eigenvalue weighted by Gasteiger charge is 2.18. The minimum atomic E-state index is -0.748. The molecule has 1 amide bonds. The number of aliphatic hydroxyl groups is 1. The number of ether oxygens (including phenoxy) is 2. The summed E-state index contributed by atoms with van der Waals surface area (Å²) < 4.78 is 10.8. The first kappa shape index (κ1) is 22.9. The van der Waals surface area contributed by atoms with Gasteiger partial charge in [-0.15, -0.1) is 0 Å². The third kappa shape index (κ3) is 7.49. The second kappa shape index (κ2) is 10.4. The fourth-order valence-electron chi connectivity index (χ4n) is 2.37. The van der Waals surface area contributed by atoms with Crippen LogP contribution in [-0.4, -0.2) is 48.4 Å². The summed E-state index contributed by atoms with van der Waals surface area (Å²) in [6.45, 7) is 8.29. The van der Waals surface area contributed by atoms with Crippen LogP contribution in [0.4, 0.5) is 5.69 Å². The molecule has 1 heterocycles. The Morgan fingerprint density at radius 1 is 1.24 bits per heavy atom. The van der Waals surface area contributed by atoms with Gasteiger partial charge in [-0.2, -0.15) is 11.3 Å². The zero-order chi connectivity index (χ0) is 21.4. The molecule has 158 valence electrons. The van der Waals surface area contributed by atoms with Gasteiger partial charge in [0.2, 0.25) is 0 Å². The van der Waals surface area contributed by atoms with Crippen molar-refractivity contribution in [3.63, 3.8) is 0 Å². The molecule has 29 heavy (non-hydrogen) atoms. The number of anilines is 1. The van der Waals surface area contributed by atoms with E-state index in [0.29, 0.717) is 17.8 Å². The molecule has 2 rings (SSSR count). The summed E-state index contributed by atoms with van der Waals surface area (Å²) in [6.07, 6.45) is -0.748. The van der Waals surface area contributed by atoms with Gasteiger partial charge < -0.3 is 25.2 Å². The first-order valence-electron chi connectivity index (χ1n) is 9.40. The maximum atomic E-state index is 12.3. The summed E-state index contributed by atoms with van der Waals surface area (Å²) in [5.41, 5.74) is 1.05. The third-order valence-electron chi connectivity index (χ3n) is 3.82. The fraction of sp³-hybridized carbons (Fsp3) is 0.429. The van der Waals surface area contributed by atoms with Crippen LogP contribution in [0, 0.1) is 0 Å². The van der Waals surface area contributed by atoms with Crippen LogP contribution < -0.4 is 15.4 Å². The molecule has 0 saturated carbocycles. The lowest BCUT2D eigenvalue weighted by molar-refractivity contribution is 0.0515. The molecular formula is C21H28N2O5S. The lowest BCUT2D eigenvalue weighted by atomic mass is 10.1. The molecule has 0 radical (unpaired) electrons. The molecule has 0 spiro atoms. The number of nitrogens with one attached hydrogen (secondary N) is 2. The Morgan fingerprint density at radius 2 is 2.00 bits per heavy atom. The molecule has 8 heteroatoms. The molecule has 0 fully saturated rings. The standard InChI is InChI=1S/C21H28N2O5S/c1-5-27-20(26)17-10-15(23-19(25)14-8-9-29-13-14)6-7-18(17)28-12-16(24)11-22-21(2,3)4/h6-10,13,16,22,24H,5,11-12H2,1-4H3,(H,23,25). The predicted molar refractivity (Wildman–Crippen MR) is 114 cm³/mol. The van der Waals surface area contributed by atoms with Crippen molar-refractivity contribution < 1.29 is 24.2 Å². The van der Waals surface area contributed by atoms with Crippen LogP contribution in [0.1, 0.15) is 48.4 Å². The van der Waals surface area contributed by atoms with E-state index in [4.69, 9.17) is 9.47 Å². The molecule has 0 aliphatic rings. The molecule has 7 nitrogen and oxygen atoms in total. The van der Waals surface area contributed by atoms with Crippen molar-refractivity contribution in [2.75, 3.05) is 25.1 Å². The van der Waals surface area contributed by atoms with Gasteiger partial charge in [-0.1, -0.05) is 0 Å². The number of β-amino-alcohol motifs (C(OH)–C–C–N with tert-alkyl or cyclic N) is 1. The summed E-state index contributed by atoms with van der Waals surface area (Å²) in [6, 6.07) is 6.45. The monoisotopic (exact) mass is 420 g/mol. The average Bonchev–Trinajstić information content (AvgIpc) is 3.20. The number of carbonyl (C=O) groups is 2. The number of hydrogen-bond donors (Lipinski definition) is 3. The van der Waals surface area contributed by atoms with Gasteiger partial charge in [-0.05, 0) is 57.3 Å². The second-order valence-corrected chi connectivity index (χ2v) is 8.27. The van der Waals surface area contributed by atoms with Gasteiger partial charge in [-0.3, -0.25) is 4.79 Å². The zero-order valence-electron chi connectivity index (χ0n) is 17.2. The number of aliphatic hydroxyl groups excluding tert-OH is 1. The van der Waals surface area contributed by atoms with Crippen LogP contribution in [0.3, 0.4) is 0 Å². The Kier molecular flexibility index (Phi) is 8.19. The molecule has 3 N–H and O–H groups in total. The van der Waals surface area contributed by atoms with Crippen LogP contribution in [0.25, 0.3) is 0 Å². The Morgan fingerprint density at radius 3 is 2.62 bits per heavy atom. The van der Waals surface area contributed by atoms with Crippen molar-refractivity contribution in [2.24, 2.45) is 0 Å². The number of hydrogen-bond acceptors (Lipinski definition) is 7. The number of esters is 1. The van der Waals surface area contributed by atoms with Gasteiger partial charge in [0.05, 0.1) is 12.2 Å². The zero-order valence-corrected chi connectivity index (χ0v) is 18.0. The summed E-state index contributed by atoms with van der Waals surface area (Å²) in [5, 5.41) is 19.6. The van der Waals surface area contributed by atoms with Crippen molar-refractivity contribution in [3.8, 4) is 5.75 Å². The molecule has 1 aromatic carbocycles. The molecule has 1 unspecified atom stereocenters. The molecule has 0 aliphatic carbocycles. The van der Waals surface area contributed by atoms with E-state index >= 15 is 0 Å². The van der Waals surface area contributed by atoms with Crippen molar-refractivity contribution in [2.45, 2.75) is 39.3 Å². The fourth-order valence-corrected chi connectivity index (χ4v) is 3.00. The predicted octanol–water partition coefficient (Wildman–Crippen LogP) is 3.30. The van der Waals surface area contributed by atoms with Crippen molar-refractivity contribution in [1.82, 2.24) is 5.32 Å². The number of benzene rings is 1. The van der Waals surface area contributed by atoms with Crippen LogP contribution in [0.15, 0.2) is 35.0 Å². The Hall–Kier alpha value is -2.42. The SMILES string of the molecule is CCOC(=O)c1cc(NC(=O)c2ccsc2)ccc1OCC(O)CNC(C)(C)C. The van der Waals surface area contributed by atoms with E-state index in [-0.39, 0.29) is 36.0 Å². The Labute approximate surface area is 175 Å². The minimum Gasteiger partial charge on any atom is -0.490 e. The summed E-state index contributed by atoms with van der Waals surface area (Å²) in [4.78, 5) is 24.6. The lowest BCUT2D eigenvalue weighted by Crippen LogP contribution is -2.42. The van der Waals surface area contributed by atoms with E-state index in [1.54, 1.807) is 30.5 Å². The first-order valence-corrected chi connectivity index (χ1v) is 10.3. The molecular weight excluding hydrogens is 392 g/mol. The van der Waals surface area contributed by atoms with E-state index in [0.717, 1.165) is 0 Å². The average molecular weight is 421 g/mol. The molecule has 2 aromatic rings. The number of amides is 1. The van der Waals surface area contributed by atoms with Gasteiger partial charge in [0, 0.05) is 23.2 Å². The van der Waals surface area contributed by atoms with E-state index < -0.39 is 12.1 Å². The summed E-state index contributed by atoms with van der Waals surface area (Å²) in [5.74, 6) is -0.540. The molecule has 1 aromatic heterocycles. The van der Waals surface area contributed by atoms with Gasteiger partial charge in [0.15, 0.2) is 0 Å². The summed E-state index contributed by atoms with van der Waals surface area (Å²) >= 11 is 1.43. The molecule has 0 aliphatic heterocycles. The Balaban J connectivity index is 2.10. The molecule has 1 atom stereocenters. The lowest BCUT2D eigenvalue weighted by Gasteiger charge is -2.23. The maximum absolute atomic E-state index is 12.3. The van der Waals surface area contributed by atoms with Gasteiger partial charge >= 0.3 is 5.97 Å². The van der Waals surface area contributed by atoms with Crippen LogP contribution in [0.5, 0.6) is 5.75 Å². The minimum absolute atomic E-state index is 0.0100. The van der Waals surface area contributed by atoms with Gasteiger partial charge in [0.25, 0.3) is 5.91 Å². The molecule has 0 saturated heterocycles. The highest BCUT2D eigenvalue weighted by molar-refractivity contribution is 7.08. The van der Waals surface area contributed by atoms with Crippen molar-refractivity contribution in [3.05, 3.63) is 46.2 Å². The van der Waals surface area contributed by atoms with E-state index in [9.17, 15) is 14.7 Å². The van der Waals surface area contributed by atoms with Crippen LogP contribution >= 0.6 is 11.3 Å². The smallest absolute Gasteiger partial charge is 0.341 e. The highest BCUT2D eigenvalue weighted by atomic mass is 32.1. The topological polar surface area (TPSA) is 96.9 Å². The van der Waals surface area contributed by atoms with Crippen molar-refractivity contribution >= 4 is 28.9 Å². The van der Waals surface area contributed by atoms with Crippen LogP contribution in [-0.2, 0) is 4.74 Å². The number of rotatable bonds is 9. The maximum Gasteiger partial charge on any atom is 0.341 e. The van der Waals surface area contributed by atoms with Crippen LogP contribution in [0.2, 0.25) is 0 Å². The van der Waals surface area contributed by atoms with E-state index in [2.05, 4.69) is 10.6 Å². The van der Waals surface area contributed by atoms with E-state index in [1.165, 1.54) is 17.4 Å². The normalized spacial score (nSPS) is 12.3. The largest absolute Gasteiger partial charge is 0.490 e. The Bertz CT molecular complexity index is 815. The van der Waals surface area contributed by atoms with E-state index in [1.807, 2.05) is 26.2 Å². The highest BCUT2D eigenvalue weighted by Crippen LogP contribution is 2.25. The number of thiophene rings is 1. The second-order valence-electron chi connectivity index (χ2n) is 7.49. The number of carbonyl (C=O) groups excluding carboxylic acids is 2. The summed E-state index contributed by atoms with van der Waals surface area (Å²) in [7, 11) is 0. The first-order chi connectivity index (χ1) is 13.7.